The van der Waals surface area contributed by atoms with E-state index in [9.17, 15) is 13.5 Å². The Bertz CT molecular complexity index is 596. The van der Waals surface area contributed by atoms with Gasteiger partial charge >= 0.3 is 0 Å². The van der Waals surface area contributed by atoms with Crippen molar-refractivity contribution in [3.05, 3.63) is 29.3 Å². The van der Waals surface area contributed by atoms with Gasteiger partial charge in [0.2, 0.25) is 10.0 Å². The average molecular weight is 311 g/mol. The summed E-state index contributed by atoms with van der Waals surface area (Å²) >= 11 is 0. The summed E-state index contributed by atoms with van der Waals surface area (Å²) in [5, 5.41) is 9.26. The second-order valence-corrected chi connectivity index (χ2v) is 8.02. The van der Waals surface area contributed by atoms with Crippen molar-refractivity contribution >= 4 is 10.0 Å². The van der Waals surface area contributed by atoms with Gasteiger partial charge in [-0.25, -0.2) is 8.42 Å². The van der Waals surface area contributed by atoms with E-state index >= 15 is 0 Å². The molecule has 2 rings (SSSR count). The Morgan fingerprint density at radius 1 is 1.38 bits per heavy atom. The minimum absolute atomic E-state index is 0.138. The molecule has 1 aliphatic rings. The molecule has 0 aliphatic carbocycles. The predicted molar refractivity (Wildman–Crippen MR) is 83.4 cm³/mol. The first-order valence-electron chi connectivity index (χ1n) is 7.63. The fraction of sp³-hybridized carbons (Fsp3) is 0.625. The van der Waals surface area contributed by atoms with Crippen molar-refractivity contribution in [3.63, 3.8) is 0 Å². The van der Waals surface area contributed by atoms with Crippen molar-refractivity contribution in [2.45, 2.75) is 45.1 Å². The van der Waals surface area contributed by atoms with Crippen LogP contribution in [0.2, 0.25) is 0 Å². The molecule has 1 fully saturated rings. The molecule has 0 saturated carbocycles. The summed E-state index contributed by atoms with van der Waals surface area (Å²) in [6.07, 6.45) is 1.60. The average Bonchev–Trinajstić information content (AvgIpc) is 2.97. The van der Waals surface area contributed by atoms with E-state index in [4.69, 9.17) is 0 Å². The summed E-state index contributed by atoms with van der Waals surface area (Å²) in [7, 11) is -3.46. The van der Waals surface area contributed by atoms with Crippen LogP contribution in [0.1, 0.15) is 38.3 Å². The molecule has 0 amide bonds. The Morgan fingerprint density at radius 3 is 2.62 bits per heavy atom. The molecule has 0 aromatic heterocycles. The van der Waals surface area contributed by atoms with Crippen molar-refractivity contribution in [1.82, 2.24) is 4.31 Å². The summed E-state index contributed by atoms with van der Waals surface area (Å²) in [5.74, 6) is 0.936. The zero-order valence-corrected chi connectivity index (χ0v) is 13.9. The summed E-state index contributed by atoms with van der Waals surface area (Å²) in [4.78, 5) is 0.362. The van der Waals surface area contributed by atoms with Crippen LogP contribution in [0.5, 0.6) is 0 Å². The van der Waals surface area contributed by atoms with Crippen molar-refractivity contribution in [2.24, 2.45) is 11.8 Å². The standard InChI is InChI=1S/C16H25NO3S/c1-4-14-6-5-13(11-18)9-16(14)21(19,20)17-8-7-15(10-17)12(2)3/h5-6,9,12,15,18H,4,7-8,10-11H2,1-3H3. The zero-order chi connectivity index (χ0) is 15.6. The van der Waals surface area contributed by atoms with E-state index < -0.39 is 10.0 Å². The Hall–Kier alpha value is -0.910. The molecule has 5 heteroatoms. The summed E-state index contributed by atoms with van der Waals surface area (Å²) < 4.78 is 27.4. The lowest BCUT2D eigenvalue weighted by Crippen LogP contribution is -2.30. The van der Waals surface area contributed by atoms with Gasteiger partial charge in [-0.3, -0.25) is 0 Å². The monoisotopic (exact) mass is 311 g/mol. The molecule has 1 atom stereocenters. The number of sulfonamides is 1. The molecule has 21 heavy (non-hydrogen) atoms. The van der Waals surface area contributed by atoms with Gasteiger partial charge in [0.1, 0.15) is 0 Å². The number of nitrogens with zero attached hydrogens (tertiary/aromatic N) is 1. The third kappa shape index (κ3) is 3.30. The van der Waals surface area contributed by atoms with Gasteiger partial charge in [-0.05, 0) is 41.9 Å². The van der Waals surface area contributed by atoms with Crippen LogP contribution in [-0.2, 0) is 23.1 Å². The van der Waals surface area contributed by atoms with Gasteiger partial charge in [-0.2, -0.15) is 4.31 Å². The van der Waals surface area contributed by atoms with Crippen LogP contribution < -0.4 is 0 Å². The third-order valence-corrected chi connectivity index (χ3v) is 6.39. The Balaban J connectivity index is 2.36. The molecule has 1 unspecified atom stereocenters. The maximum absolute atomic E-state index is 12.9. The highest BCUT2D eigenvalue weighted by molar-refractivity contribution is 7.89. The van der Waals surface area contributed by atoms with Crippen LogP contribution in [0.25, 0.3) is 0 Å². The van der Waals surface area contributed by atoms with E-state index in [-0.39, 0.29) is 6.61 Å². The number of aliphatic hydroxyl groups is 1. The zero-order valence-electron chi connectivity index (χ0n) is 13.0. The van der Waals surface area contributed by atoms with E-state index in [1.165, 1.54) is 0 Å². The summed E-state index contributed by atoms with van der Waals surface area (Å²) in [5.41, 5.74) is 1.46. The minimum Gasteiger partial charge on any atom is -0.392 e. The number of aliphatic hydroxyl groups excluding tert-OH is 1. The molecule has 0 spiro atoms. The number of hydrogen-bond acceptors (Lipinski definition) is 3. The second kappa shape index (κ2) is 6.46. The maximum Gasteiger partial charge on any atom is 0.243 e. The quantitative estimate of drug-likeness (QED) is 0.908. The normalized spacial score (nSPS) is 20.3. The van der Waals surface area contributed by atoms with Crippen LogP contribution in [0.15, 0.2) is 23.1 Å². The van der Waals surface area contributed by atoms with Crippen LogP contribution in [0, 0.1) is 11.8 Å². The minimum atomic E-state index is -3.46. The predicted octanol–water partition coefficient (Wildman–Crippen LogP) is 2.41. The SMILES string of the molecule is CCc1ccc(CO)cc1S(=O)(=O)N1CCC(C(C)C)C1. The fourth-order valence-electron chi connectivity index (χ4n) is 2.89. The summed E-state index contributed by atoms with van der Waals surface area (Å²) in [6, 6.07) is 5.23. The molecule has 118 valence electrons. The lowest BCUT2D eigenvalue weighted by molar-refractivity contribution is 0.281. The highest BCUT2D eigenvalue weighted by Crippen LogP contribution is 2.30. The van der Waals surface area contributed by atoms with Crippen LogP contribution in [0.4, 0.5) is 0 Å². The van der Waals surface area contributed by atoms with Crippen LogP contribution in [-0.4, -0.2) is 30.9 Å². The topological polar surface area (TPSA) is 57.6 Å². The molecule has 1 heterocycles. The smallest absolute Gasteiger partial charge is 0.243 e. The molecule has 1 aromatic rings. The fourth-order valence-corrected chi connectivity index (χ4v) is 4.74. The molecule has 4 nitrogen and oxygen atoms in total. The van der Waals surface area contributed by atoms with E-state index in [1.807, 2.05) is 13.0 Å². The molecule has 1 aromatic carbocycles. The van der Waals surface area contributed by atoms with Gasteiger partial charge in [0.15, 0.2) is 0 Å². The van der Waals surface area contributed by atoms with Gasteiger partial charge in [0.05, 0.1) is 11.5 Å². The Kier molecular flexibility index (Phi) is 5.07. The van der Waals surface area contributed by atoms with Crippen molar-refractivity contribution in [1.29, 1.82) is 0 Å². The van der Waals surface area contributed by atoms with Crippen molar-refractivity contribution in [3.8, 4) is 0 Å². The van der Waals surface area contributed by atoms with Gasteiger partial charge in [0.25, 0.3) is 0 Å². The van der Waals surface area contributed by atoms with Crippen LogP contribution >= 0.6 is 0 Å². The highest BCUT2D eigenvalue weighted by Gasteiger charge is 2.34. The first kappa shape index (κ1) is 16.5. The Labute approximate surface area is 127 Å². The van der Waals surface area contributed by atoms with E-state index in [1.54, 1.807) is 16.4 Å². The number of rotatable bonds is 5. The molecule has 1 aliphatic heterocycles. The van der Waals surface area contributed by atoms with Gasteiger partial charge < -0.3 is 5.11 Å². The maximum atomic E-state index is 12.9. The van der Waals surface area contributed by atoms with Crippen molar-refractivity contribution < 1.29 is 13.5 Å². The van der Waals surface area contributed by atoms with Crippen LogP contribution in [0.3, 0.4) is 0 Å². The highest BCUT2D eigenvalue weighted by atomic mass is 32.2. The Morgan fingerprint density at radius 2 is 2.10 bits per heavy atom. The lowest BCUT2D eigenvalue weighted by Gasteiger charge is -2.20. The van der Waals surface area contributed by atoms with Gasteiger partial charge in [-0.15, -0.1) is 0 Å². The van der Waals surface area contributed by atoms with E-state index in [2.05, 4.69) is 13.8 Å². The lowest BCUT2D eigenvalue weighted by atomic mass is 9.96. The third-order valence-electron chi connectivity index (χ3n) is 4.44. The van der Waals surface area contributed by atoms with Gasteiger partial charge in [-0.1, -0.05) is 32.9 Å². The molecule has 1 N–H and O–H groups in total. The van der Waals surface area contributed by atoms with Gasteiger partial charge in [0, 0.05) is 13.1 Å². The first-order valence-corrected chi connectivity index (χ1v) is 9.07. The molecule has 0 bridgehead atoms. The molecular formula is C16H25NO3S. The largest absolute Gasteiger partial charge is 0.392 e. The molecule has 1 saturated heterocycles. The number of aryl methyl sites for hydroxylation is 1. The first-order chi connectivity index (χ1) is 9.90. The van der Waals surface area contributed by atoms with Crippen molar-refractivity contribution in [2.75, 3.05) is 13.1 Å². The number of hydrogen-bond donors (Lipinski definition) is 1. The van der Waals surface area contributed by atoms with E-state index in [0.29, 0.717) is 41.8 Å². The summed E-state index contributed by atoms with van der Waals surface area (Å²) in [6.45, 7) is 7.30. The molecular weight excluding hydrogens is 286 g/mol. The van der Waals surface area contributed by atoms with E-state index in [0.717, 1.165) is 12.0 Å². The number of benzene rings is 1. The second-order valence-electron chi connectivity index (χ2n) is 6.11. The molecule has 0 radical (unpaired) electrons.